The zero-order valence-corrected chi connectivity index (χ0v) is 6.36. The summed E-state index contributed by atoms with van der Waals surface area (Å²) < 4.78 is 0. The molecule has 11 heavy (non-hydrogen) atoms. The van der Waals surface area contributed by atoms with Gasteiger partial charge < -0.3 is 10.8 Å². The van der Waals surface area contributed by atoms with Crippen molar-refractivity contribution in [2.75, 3.05) is 0 Å². The van der Waals surface area contributed by atoms with Crippen molar-refractivity contribution in [3.05, 3.63) is 0 Å². The maximum atomic E-state index is 10.8. The Labute approximate surface area is 65.6 Å². The van der Waals surface area contributed by atoms with Gasteiger partial charge in [-0.3, -0.25) is 4.79 Å². The third-order valence-corrected chi connectivity index (χ3v) is 3.14. The Morgan fingerprint density at radius 2 is 2.09 bits per heavy atom. The molecule has 3 heteroatoms. The number of aliphatic hydroxyl groups excluding tert-OH is 1. The molecule has 2 rings (SSSR count). The van der Waals surface area contributed by atoms with Gasteiger partial charge in [0.1, 0.15) is 0 Å². The predicted molar refractivity (Wildman–Crippen MR) is 39.5 cm³/mol. The van der Waals surface area contributed by atoms with Crippen LogP contribution >= 0.6 is 0 Å². The molecule has 0 unspecified atom stereocenters. The number of fused-ring (bicyclic) bond motifs is 2. The van der Waals surface area contributed by atoms with Crippen molar-refractivity contribution < 1.29 is 9.90 Å². The molecule has 2 saturated carbocycles. The monoisotopic (exact) mass is 155 g/mol. The standard InChI is InChI=1S/C8H13NO2/c9-8(11)6-2-4-1-5(6)7(10)3-4/h4-7,10H,1-3H2,(H2,9,11)/t4-,5+,6-,7-/m1/s1. The molecule has 62 valence electrons. The molecule has 0 aromatic rings. The highest BCUT2D eigenvalue weighted by molar-refractivity contribution is 5.77. The highest BCUT2D eigenvalue weighted by Gasteiger charge is 2.47. The molecule has 2 aliphatic rings. The molecule has 3 nitrogen and oxygen atoms in total. The fourth-order valence-corrected chi connectivity index (χ4v) is 2.64. The van der Waals surface area contributed by atoms with Gasteiger partial charge in [-0.1, -0.05) is 0 Å². The van der Waals surface area contributed by atoms with Crippen LogP contribution in [0.1, 0.15) is 19.3 Å². The van der Waals surface area contributed by atoms with E-state index in [1.807, 2.05) is 0 Å². The maximum absolute atomic E-state index is 10.8. The Bertz CT molecular complexity index is 193. The number of nitrogens with two attached hydrogens (primary N) is 1. The average molecular weight is 155 g/mol. The van der Waals surface area contributed by atoms with Crippen LogP contribution < -0.4 is 5.73 Å². The Morgan fingerprint density at radius 3 is 2.45 bits per heavy atom. The molecule has 3 N–H and O–H groups in total. The number of amides is 1. The van der Waals surface area contributed by atoms with Crippen LogP contribution in [0.25, 0.3) is 0 Å². The van der Waals surface area contributed by atoms with Crippen molar-refractivity contribution in [2.45, 2.75) is 25.4 Å². The molecular weight excluding hydrogens is 142 g/mol. The minimum absolute atomic E-state index is 0.0382. The molecule has 0 aromatic heterocycles. The van der Waals surface area contributed by atoms with Gasteiger partial charge in [0.25, 0.3) is 0 Å². The first-order valence-corrected chi connectivity index (χ1v) is 4.16. The van der Waals surface area contributed by atoms with Crippen LogP contribution in [0.4, 0.5) is 0 Å². The molecule has 0 aromatic carbocycles. The fraction of sp³-hybridized carbons (Fsp3) is 0.875. The zero-order valence-electron chi connectivity index (χ0n) is 6.36. The summed E-state index contributed by atoms with van der Waals surface area (Å²) in [6.07, 6.45) is 2.55. The van der Waals surface area contributed by atoms with Gasteiger partial charge in [0.15, 0.2) is 0 Å². The first kappa shape index (κ1) is 7.10. The van der Waals surface area contributed by atoms with Crippen molar-refractivity contribution in [2.24, 2.45) is 23.5 Å². The third kappa shape index (κ3) is 0.948. The molecule has 1 amide bonds. The summed E-state index contributed by atoms with van der Waals surface area (Å²) >= 11 is 0. The number of hydrogen-bond acceptors (Lipinski definition) is 2. The average Bonchev–Trinajstić information content (AvgIpc) is 2.43. The van der Waals surface area contributed by atoms with Gasteiger partial charge in [0.05, 0.1) is 6.10 Å². The molecule has 0 spiro atoms. The SMILES string of the molecule is NC(=O)[C@@H]1C[C@H]2C[C@@H]1[C@H](O)C2. The Balaban J connectivity index is 2.12. The molecule has 0 saturated heterocycles. The number of aliphatic hydroxyl groups is 1. The van der Waals surface area contributed by atoms with Crippen LogP contribution in [0.3, 0.4) is 0 Å². The van der Waals surface area contributed by atoms with Crippen LogP contribution in [-0.4, -0.2) is 17.1 Å². The number of hydrogen-bond donors (Lipinski definition) is 2. The van der Waals surface area contributed by atoms with Crippen LogP contribution in [0, 0.1) is 17.8 Å². The van der Waals surface area contributed by atoms with Crippen molar-refractivity contribution in [1.29, 1.82) is 0 Å². The molecule has 2 bridgehead atoms. The minimum Gasteiger partial charge on any atom is -0.393 e. The van der Waals surface area contributed by atoms with Gasteiger partial charge >= 0.3 is 0 Å². The van der Waals surface area contributed by atoms with Crippen LogP contribution in [0.15, 0.2) is 0 Å². The fourth-order valence-electron chi connectivity index (χ4n) is 2.64. The van der Waals surface area contributed by atoms with Crippen LogP contribution in [0.5, 0.6) is 0 Å². The number of primary amides is 1. The van der Waals surface area contributed by atoms with Crippen molar-refractivity contribution in [3.8, 4) is 0 Å². The summed E-state index contributed by atoms with van der Waals surface area (Å²) in [6.45, 7) is 0. The Kier molecular flexibility index (Phi) is 1.42. The predicted octanol–water partition coefficient (Wildman–Crippen LogP) is -0.121. The van der Waals surface area contributed by atoms with E-state index >= 15 is 0 Å². The van der Waals surface area contributed by atoms with E-state index in [0.717, 1.165) is 19.3 Å². The summed E-state index contributed by atoms with van der Waals surface area (Å²) in [7, 11) is 0. The van der Waals surface area contributed by atoms with E-state index in [1.54, 1.807) is 0 Å². The first-order chi connectivity index (χ1) is 5.18. The highest BCUT2D eigenvalue weighted by Crippen LogP contribution is 2.48. The van der Waals surface area contributed by atoms with Crippen molar-refractivity contribution in [1.82, 2.24) is 0 Å². The molecule has 0 radical (unpaired) electrons. The normalized spacial score (nSPS) is 48.1. The quantitative estimate of drug-likeness (QED) is 0.554. The van der Waals surface area contributed by atoms with Gasteiger partial charge in [0, 0.05) is 5.92 Å². The lowest BCUT2D eigenvalue weighted by Crippen LogP contribution is -2.34. The first-order valence-electron chi connectivity index (χ1n) is 4.16. The highest BCUT2D eigenvalue weighted by atomic mass is 16.3. The lowest BCUT2D eigenvalue weighted by atomic mass is 9.86. The second kappa shape index (κ2) is 2.21. The summed E-state index contributed by atoms with van der Waals surface area (Å²) in [5, 5.41) is 9.43. The largest absolute Gasteiger partial charge is 0.393 e. The molecule has 0 aliphatic heterocycles. The van der Waals surface area contributed by atoms with E-state index in [0.29, 0.717) is 5.92 Å². The van der Waals surface area contributed by atoms with E-state index in [9.17, 15) is 9.90 Å². The Hall–Kier alpha value is -0.570. The summed E-state index contributed by atoms with van der Waals surface area (Å²) in [6, 6.07) is 0. The topological polar surface area (TPSA) is 63.3 Å². The molecular formula is C8H13NO2. The van der Waals surface area contributed by atoms with Crippen LogP contribution in [0.2, 0.25) is 0 Å². The summed E-state index contributed by atoms with van der Waals surface area (Å²) in [5.41, 5.74) is 5.20. The van der Waals surface area contributed by atoms with Gasteiger partial charge in [-0.05, 0) is 31.1 Å². The van der Waals surface area contributed by atoms with E-state index in [4.69, 9.17) is 5.73 Å². The Morgan fingerprint density at radius 1 is 1.36 bits per heavy atom. The molecule has 2 fully saturated rings. The van der Waals surface area contributed by atoms with E-state index in [1.165, 1.54) is 0 Å². The zero-order chi connectivity index (χ0) is 8.01. The second-order valence-corrected chi connectivity index (χ2v) is 3.81. The minimum atomic E-state index is -0.258. The third-order valence-electron chi connectivity index (χ3n) is 3.14. The number of carbonyl (C=O) groups excluding carboxylic acids is 1. The van der Waals surface area contributed by atoms with E-state index < -0.39 is 0 Å². The maximum Gasteiger partial charge on any atom is 0.220 e. The summed E-state index contributed by atoms with van der Waals surface area (Å²) in [4.78, 5) is 10.8. The number of carbonyl (C=O) groups is 1. The molecule has 4 atom stereocenters. The molecule has 0 heterocycles. The smallest absolute Gasteiger partial charge is 0.220 e. The summed E-state index contributed by atoms with van der Waals surface area (Å²) in [5.74, 6) is 0.477. The molecule has 2 aliphatic carbocycles. The van der Waals surface area contributed by atoms with Crippen molar-refractivity contribution in [3.63, 3.8) is 0 Å². The lowest BCUT2D eigenvalue weighted by Gasteiger charge is -2.22. The van der Waals surface area contributed by atoms with E-state index in [-0.39, 0.29) is 23.8 Å². The van der Waals surface area contributed by atoms with E-state index in [2.05, 4.69) is 0 Å². The van der Waals surface area contributed by atoms with Gasteiger partial charge in [-0.2, -0.15) is 0 Å². The van der Waals surface area contributed by atoms with Gasteiger partial charge in [-0.25, -0.2) is 0 Å². The van der Waals surface area contributed by atoms with Gasteiger partial charge in [-0.15, -0.1) is 0 Å². The van der Waals surface area contributed by atoms with Crippen molar-refractivity contribution >= 4 is 5.91 Å². The second-order valence-electron chi connectivity index (χ2n) is 3.81. The lowest BCUT2D eigenvalue weighted by molar-refractivity contribution is -0.124. The van der Waals surface area contributed by atoms with Crippen LogP contribution in [-0.2, 0) is 4.79 Å². The van der Waals surface area contributed by atoms with Gasteiger partial charge in [0.2, 0.25) is 5.91 Å². The number of rotatable bonds is 1.